The van der Waals surface area contributed by atoms with Gasteiger partial charge < -0.3 is 0 Å². The van der Waals surface area contributed by atoms with Crippen molar-refractivity contribution in [1.29, 1.82) is 0 Å². The highest BCUT2D eigenvalue weighted by Gasteiger charge is 2.06. The van der Waals surface area contributed by atoms with Crippen LogP contribution in [0.25, 0.3) is 33.5 Å². The van der Waals surface area contributed by atoms with Crippen LogP contribution >= 0.6 is 0 Å². The van der Waals surface area contributed by atoms with E-state index in [4.69, 9.17) is 4.98 Å². The van der Waals surface area contributed by atoms with Crippen molar-refractivity contribution in [3.05, 3.63) is 103 Å². The molecular weight excluding hydrogens is 302 g/mol. The lowest BCUT2D eigenvalue weighted by atomic mass is 9.98. The minimum Gasteiger partial charge on any atom is -0.253 e. The van der Waals surface area contributed by atoms with Gasteiger partial charge in [-0.05, 0) is 47.4 Å². The molecule has 0 atom stereocenters. The van der Waals surface area contributed by atoms with Crippen molar-refractivity contribution in [3.63, 3.8) is 0 Å². The van der Waals surface area contributed by atoms with E-state index in [2.05, 4.69) is 91.9 Å². The highest BCUT2D eigenvalue weighted by molar-refractivity contribution is 5.75. The highest BCUT2D eigenvalue weighted by atomic mass is 14.7. The first kappa shape index (κ1) is 15.3. The summed E-state index contributed by atoms with van der Waals surface area (Å²) < 4.78 is 0. The zero-order valence-electron chi connectivity index (χ0n) is 14.2. The van der Waals surface area contributed by atoms with E-state index in [0.29, 0.717) is 0 Å². The van der Waals surface area contributed by atoms with Gasteiger partial charge in [-0.25, -0.2) is 0 Å². The molecule has 4 rings (SSSR count). The van der Waals surface area contributed by atoms with Crippen molar-refractivity contribution >= 4 is 0 Å². The Kier molecular flexibility index (Phi) is 4.14. The molecule has 1 heteroatoms. The summed E-state index contributed by atoms with van der Waals surface area (Å²) in [6.07, 6.45) is 0. The number of nitrogens with zero attached hydrogens (tertiary/aromatic N) is 1. The van der Waals surface area contributed by atoms with Gasteiger partial charge in [0.25, 0.3) is 0 Å². The van der Waals surface area contributed by atoms with Gasteiger partial charge >= 0.3 is 0 Å². The molecule has 0 aliphatic heterocycles. The minimum atomic E-state index is 1.01. The summed E-state index contributed by atoms with van der Waals surface area (Å²) in [5.41, 5.74) is 8.06. The Hall–Kier alpha value is -3.19. The lowest BCUT2D eigenvalue weighted by molar-refractivity contribution is 1.21. The molecule has 0 N–H and O–H groups in total. The highest BCUT2D eigenvalue weighted by Crippen LogP contribution is 2.29. The summed E-state index contributed by atoms with van der Waals surface area (Å²) in [4.78, 5) is 4.71. The third-order valence-electron chi connectivity index (χ3n) is 4.33. The number of rotatable bonds is 3. The lowest BCUT2D eigenvalue weighted by Crippen LogP contribution is -1.90. The molecule has 3 aromatic carbocycles. The molecular formula is C24H19N. The molecule has 0 amide bonds. The zero-order valence-corrected chi connectivity index (χ0v) is 14.2. The Morgan fingerprint density at radius 3 is 1.72 bits per heavy atom. The van der Waals surface area contributed by atoms with Crippen LogP contribution < -0.4 is 0 Å². The van der Waals surface area contributed by atoms with Crippen LogP contribution in [0.15, 0.2) is 97.1 Å². The molecule has 0 aliphatic rings. The van der Waals surface area contributed by atoms with E-state index in [1.807, 2.05) is 12.1 Å². The second-order valence-corrected chi connectivity index (χ2v) is 6.20. The second-order valence-electron chi connectivity index (χ2n) is 6.20. The van der Waals surface area contributed by atoms with E-state index in [9.17, 15) is 0 Å². The van der Waals surface area contributed by atoms with Crippen molar-refractivity contribution in [2.45, 2.75) is 6.92 Å². The monoisotopic (exact) mass is 321 g/mol. The average Bonchev–Trinajstić information content (AvgIpc) is 2.69. The zero-order chi connectivity index (χ0) is 17.1. The number of hydrogen-bond acceptors (Lipinski definition) is 1. The molecule has 1 heterocycles. The van der Waals surface area contributed by atoms with Crippen LogP contribution in [0.2, 0.25) is 0 Å². The molecule has 120 valence electrons. The quantitative estimate of drug-likeness (QED) is 0.426. The molecule has 0 radical (unpaired) electrons. The molecule has 0 bridgehead atoms. The summed E-state index contributed by atoms with van der Waals surface area (Å²) >= 11 is 0. The van der Waals surface area contributed by atoms with Gasteiger partial charge in [-0.1, -0.05) is 78.9 Å². The van der Waals surface area contributed by atoms with Gasteiger partial charge in [-0.3, -0.25) is 4.98 Å². The molecule has 0 spiro atoms. The SMILES string of the molecule is Cc1cc(-c2cccc(-c3ccccc3)c2)cc(-c2ccccc2)n1. The molecule has 4 aromatic rings. The second kappa shape index (κ2) is 6.74. The van der Waals surface area contributed by atoms with Crippen molar-refractivity contribution in [2.75, 3.05) is 0 Å². The topological polar surface area (TPSA) is 12.9 Å². The maximum atomic E-state index is 4.71. The van der Waals surface area contributed by atoms with Crippen molar-refractivity contribution in [2.24, 2.45) is 0 Å². The van der Waals surface area contributed by atoms with E-state index in [0.717, 1.165) is 17.0 Å². The fourth-order valence-corrected chi connectivity index (χ4v) is 3.10. The maximum Gasteiger partial charge on any atom is 0.0711 e. The largest absolute Gasteiger partial charge is 0.253 e. The number of aryl methyl sites for hydroxylation is 1. The molecule has 0 unspecified atom stereocenters. The van der Waals surface area contributed by atoms with E-state index in [1.165, 1.54) is 22.3 Å². The van der Waals surface area contributed by atoms with Crippen molar-refractivity contribution in [3.8, 4) is 33.5 Å². The summed E-state index contributed by atoms with van der Waals surface area (Å²) in [5, 5.41) is 0. The number of pyridine rings is 1. The first-order chi connectivity index (χ1) is 12.3. The van der Waals surface area contributed by atoms with E-state index in [1.54, 1.807) is 0 Å². The third-order valence-corrected chi connectivity index (χ3v) is 4.33. The number of aromatic nitrogens is 1. The Morgan fingerprint density at radius 2 is 1.04 bits per heavy atom. The summed E-state index contributed by atoms with van der Waals surface area (Å²) in [5.74, 6) is 0. The smallest absolute Gasteiger partial charge is 0.0711 e. The molecule has 0 aliphatic carbocycles. The molecule has 1 aromatic heterocycles. The minimum absolute atomic E-state index is 1.01. The average molecular weight is 321 g/mol. The van der Waals surface area contributed by atoms with Crippen LogP contribution in [0.5, 0.6) is 0 Å². The normalized spacial score (nSPS) is 10.6. The predicted molar refractivity (Wildman–Crippen MR) is 105 cm³/mol. The van der Waals surface area contributed by atoms with E-state index in [-0.39, 0.29) is 0 Å². The van der Waals surface area contributed by atoms with Crippen molar-refractivity contribution in [1.82, 2.24) is 4.98 Å². The van der Waals surface area contributed by atoms with Gasteiger partial charge in [-0.2, -0.15) is 0 Å². The molecule has 25 heavy (non-hydrogen) atoms. The molecule has 0 saturated heterocycles. The predicted octanol–water partition coefficient (Wildman–Crippen LogP) is 6.39. The maximum absolute atomic E-state index is 4.71. The van der Waals surface area contributed by atoms with Crippen LogP contribution in [0, 0.1) is 6.92 Å². The Bertz CT molecular complexity index is 989. The van der Waals surface area contributed by atoms with Gasteiger partial charge in [0.05, 0.1) is 5.69 Å². The van der Waals surface area contributed by atoms with Crippen molar-refractivity contribution < 1.29 is 0 Å². The number of benzene rings is 3. The van der Waals surface area contributed by atoms with Gasteiger partial charge in [0, 0.05) is 11.3 Å². The molecule has 0 fully saturated rings. The first-order valence-corrected chi connectivity index (χ1v) is 8.49. The number of hydrogen-bond donors (Lipinski definition) is 0. The summed E-state index contributed by atoms with van der Waals surface area (Å²) in [7, 11) is 0. The van der Waals surface area contributed by atoms with E-state index < -0.39 is 0 Å². The third kappa shape index (κ3) is 3.36. The van der Waals surface area contributed by atoms with Crippen LogP contribution in [-0.2, 0) is 0 Å². The lowest BCUT2D eigenvalue weighted by Gasteiger charge is -2.09. The van der Waals surface area contributed by atoms with Crippen LogP contribution in [0.3, 0.4) is 0 Å². The summed E-state index contributed by atoms with van der Waals surface area (Å²) in [6, 6.07) is 33.8. The van der Waals surface area contributed by atoms with Crippen LogP contribution in [-0.4, -0.2) is 4.98 Å². The fraction of sp³-hybridized carbons (Fsp3) is 0.0417. The van der Waals surface area contributed by atoms with Crippen LogP contribution in [0.4, 0.5) is 0 Å². The Balaban J connectivity index is 1.79. The van der Waals surface area contributed by atoms with Crippen LogP contribution in [0.1, 0.15) is 5.69 Å². The molecule has 1 nitrogen and oxygen atoms in total. The van der Waals surface area contributed by atoms with Gasteiger partial charge in [0.2, 0.25) is 0 Å². The molecule has 0 saturated carbocycles. The Morgan fingerprint density at radius 1 is 0.480 bits per heavy atom. The van der Waals surface area contributed by atoms with Gasteiger partial charge in [-0.15, -0.1) is 0 Å². The first-order valence-electron chi connectivity index (χ1n) is 8.49. The standard InChI is InChI=1S/C24H19N/c1-18-15-23(17-24(25-18)20-11-6-3-7-12-20)22-14-8-13-21(16-22)19-9-4-2-5-10-19/h2-17H,1H3. The summed E-state index contributed by atoms with van der Waals surface area (Å²) in [6.45, 7) is 2.05. The fourth-order valence-electron chi connectivity index (χ4n) is 3.10. The van der Waals surface area contributed by atoms with E-state index >= 15 is 0 Å². The van der Waals surface area contributed by atoms with Gasteiger partial charge in [0.1, 0.15) is 0 Å². The Labute approximate surface area is 148 Å². The van der Waals surface area contributed by atoms with Gasteiger partial charge in [0.15, 0.2) is 0 Å².